The summed E-state index contributed by atoms with van der Waals surface area (Å²) in [6, 6.07) is 9.20. The molecule has 0 radical (unpaired) electrons. The Hall–Kier alpha value is -1.53. The van der Waals surface area contributed by atoms with E-state index in [9.17, 15) is 0 Å². The van der Waals surface area contributed by atoms with Gasteiger partial charge in [0.05, 0.1) is 17.2 Å². The van der Waals surface area contributed by atoms with Gasteiger partial charge in [-0.1, -0.05) is 6.07 Å². The molecule has 2 rings (SSSR count). The standard InChI is InChI=1S/C11H12N2O/c12-7-9-2-1-3-10(6-9)14-8-11(13)4-5-11/h1-3,6H,4-5,8,13H2. The number of nitrogens with two attached hydrogens (primary N) is 1. The zero-order valence-corrected chi connectivity index (χ0v) is 7.86. The molecule has 0 amide bonds. The number of benzene rings is 1. The summed E-state index contributed by atoms with van der Waals surface area (Å²) in [4.78, 5) is 0. The quantitative estimate of drug-likeness (QED) is 0.780. The van der Waals surface area contributed by atoms with Crippen molar-refractivity contribution in [3.8, 4) is 11.8 Å². The Labute approximate surface area is 83.1 Å². The molecule has 1 aliphatic carbocycles. The highest BCUT2D eigenvalue weighted by molar-refractivity contribution is 5.36. The van der Waals surface area contributed by atoms with Crippen LogP contribution in [-0.4, -0.2) is 12.1 Å². The van der Waals surface area contributed by atoms with Crippen LogP contribution in [0.2, 0.25) is 0 Å². The molecule has 3 nitrogen and oxygen atoms in total. The number of nitrogens with zero attached hydrogens (tertiary/aromatic N) is 1. The Morgan fingerprint density at radius 2 is 2.29 bits per heavy atom. The number of nitriles is 1. The number of hydrogen-bond acceptors (Lipinski definition) is 3. The minimum absolute atomic E-state index is 0.108. The Balaban J connectivity index is 1.99. The minimum Gasteiger partial charge on any atom is -0.492 e. The van der Waals surface area contributed by atoms with Crippen molar-refractivity contribution in [1.82, 2.24) is 0 Å². The molecule has 0 heterocycles. The van der Waals surface area contributed by atoms with Crippen LogP contribution in [0.25, 0.3) is 0 Å². The predicted octanol–water partition coefficient (Wildman–Crippen LogP) is 1.43. The van der Waals surface area contributed by atoms with Crippen molar-refractivity contribution in [3.05, 3.63) is 29.8 Å². The van der Waals surface area contributed by atoms with E-state index in [0.717, 1.165) is 18.6 Å². The summed E-state index contributed by atoms with van der Waals surface area (Å²) >= 11 is 0. The molecule has 0 atom stereocenters. The first-order valence-electron chi connectivity index (χ1n) is 4.64. The van der Waals surface area contributed by atoms with E-state index in [1.807, 2.05) is 12.1 Å². The van der Waals surface area contributed by atoms with E-state index in [4.69, 9.17) is 15.7 Å². The first-order chi connectivity index (χ1) is 6.72. The molecule has 0 saturated heterocycles. The molecule has 0 aromatic heterocycles. The van der Waals surface area contributed by atoms with Gasteiger partial charge in [-0.3, -0.25) is 0 Å². The smallest absolute Gasteiger partial charge is 0.120 e. The van der Waals surface area contributed by atoms with Gasteiger partial charge < -0.3 is 10.5 Å². The highest BCUT2D eigenvalue weighted by atomic mass is 16.5. The average molecular weight is 188 g/mol. The molecular weight excluding hydrogens is 176 g/mol. The van der Waals surface area contributed by atoms with Gasteiger partial charge in [0.15, 0.2) is 0 Å². The summed E-state index contributed by atoms with van der Waals surface area (Å²) in [5.41, 5.74) is 6.38. The normalized spacial score (nSPS) is 17.1. The Kier molecular flexibility index (Phi) is 2.14. The van der Waals surface area contributed by atoms with E-state index >= 15 is 0 Å². The topological polar surface area (TPSA) is 59.0 Å². The lowest BCUT2D eigenvalue weighted by Gasteiger charge is -2.10. The van der Waals surface area contributed by atoms with Gasteiger partial charge in [0.1, 0.15) is 12.4 Å². The molecule has 3 heteroatoms. The van der Waals surface area contributed by atoms with E-state index in [1.165, 1.54) is 0 Å². The minimum atomic E-state index is -0.108. The zero-order chi connectivity index (χ0) is 10.0. The van der Waals surface area contributed by atoms with Crippen molar-refractivity contribution >= 4 is 0 Å². The lowest BCUT2D eigenvalue weighted by molar-refractivity contribution is 0.279. The summed E-state index contributed by atoms with van der Waals surface area (Å²) in [6.45, 7) is 0.544. The fourth-order valence-corrected chi connectivity index (χ4v) is 1.19. The number of rotatable bonds is 3. The van der Waals surface area contributed by atoms with Crippen LogP contribution in [0.15, 0.2) is 24.3 Å². The molecule has 1 saturated carbocycles. The molecule has 14 heavy (non-hydrogen) atoms. The van der Waals surface area contributed by atoms with E-state index < -0.39 is 0 Å². The van der Waals surface area contributed by atoms with Gasteiger partial charge in [0.2, 0.25) is 0 Å². The van der Waals surface area contributed by atoms with Crippen molar-refractivity contribution < 1.29 is 4.74 Å². The lowest BCUT2D eigenvalue weighted by atomic mass is 10.2. The summed E-state index contributed by atoms with van der Waals surface area (Å²) in [7, 11) is 0. The van der Waals surface area contributed by atoms with Crippen molar-refractivity contribution in [2.45, 2.75) is 18.4 Å². The van der Waals surface area contributed by atoms with Gasteiger partial charge >= 0.3 is 0 Å². The number of ether oxygens (including phenoxy) is 1. The lowest BCUT2D eigenvalue weighted by Crippen LogP contribution is -2.29. The van der Waals surface area contributed by atoms with Crippen LogP contribution in [0.4, 0.5) is 0 Å². The number of hydrogen-bond donors (Lipinski definition) is 1. The molecule has 2 N–H and O–H groups in total. The van der Waals surface area contributed by atoms with Crippen LogP contribution in [0, 0.1) is 11.3 Å². The van der Waals surface area contributed by atoms with Crippen LogP contribution in [-0.2, 0) is 0 Å². The molecule has 1 fully saturated rings. The van der Waals surface area contributed by atoms with Gasteiger partial charge in [-0.05, 0) is 31.0 Å². The fraction of sp³-hybridized carbons (Fsp3) is 0.364. The molecule has 0 spiro atoms. The van der Waals surface area contributed by atoms with Crippen molar-refractivity contribution in [2.75, 3.05) is 6.61 Å². The highest BCUT2D eigenvalue weighted by Crippen LogP contribution is 2.32. The third-order valence-corrected chi connectivity index (χ3v) is 2.38. The van der Waals surface area contributed by atoms with E-state index in [-0.39, 0.29) is 5.54 Å². The van der Waals surface area contributed by atoms with E-state index in [1.54, 1.807) is 12.1 Å². The van der Waals surface area contributed by atoms with E-state index in [0.29, 0.717) is 12.2 Å². The second-order valence-corrected chi connectivity index (χ2v) is 3.79. The highest BCUT2D eigenvalue weighted by Gasteiger charge is 2.39. The van der Waals surface area contributed by atoms with Gasteiger partial charge in [0.25, 0.3) is 0 Å². The average Bonchev–Trinajstić information content (AvgIpc) is 2.95. The first-order valence-corrected chi connectivity index (χ1v) is 4.64. The maximum absolute atomic E-state index is 8.67. The monoisotopic (exact) mass is 188 g/mol. The Bertz CT molecular complexity index is 377. The van der Waals surface area contributed by atoms with Crippen LogP contribution < -0.4 is 10.5 Å². The summed E-state index contributed by atoms with van der Waals surface area (Å²) < 4.78 is 5.50. The molecule has 0 aliphatic heterocycles. The SMILES string of the molecule is N#Cc1cccc(OCC2(N)CC2)c1. The Morgan fingerprint density at radius 3 is 2.93 bits per heavy atom. The van der Waals surface area contributed by atoms with Gasteiger partial charge in [-0.25, -0.2) is 0 Å². The van der Waals surface area contributed by atoms with Gasteiger partial charge in [-0.2, -0.15) is 5.26 Å². The molecule has 0 bridgehead atoms. The molecule has 0 unspecified atom stereocenters. The van der Waals surface area contributed by atoms with Crippen LogP contribution in [0.5, 0.6) is 5.75 Å². The third-order valence-electron chi connectivity index (χ3n) is 2.38. The van der Waals surface area contributed by atoms with Crippen molar-refractivity contribution in [2.24, 2.45) is 5.73 Å². The van der Waals surface area contributed by atoms with Crippen molar-refractivity contribution in [3.63, 3.8) is 0 Å². The fourth-order valence-electron chi connectivity index (χ4n) is 1.19. The van der Waals surface area contributed by atoms with E-state index in [2.05, 4.69) is 6.07 Å². The largest absolute Gasteiger partial charge is 0.492 e. The van der Waals surface area contributed by atoms with Gasteiger partial charge in [0, 0.05) is 0 Å². The predicted molar refractivity (Wildman–Crippen MR) is 52.8 cm³/mol. The van der Waals surface area contributed by atoms with Crippen LogP contribution >= 0.6 is 0 Å². The van der Waals surface area contributed by atoms with Crippen LogP contribution in [0.3, 0.4) is 0 Å². The van der Waals surface area contributed by atoms with Crippen LogP contribution in [0.1, 0.15) is 18.4 Å². The molecule has 1 aromatic carbocycles. The summed E-state index contributed by atoms with van der Waals surface area (Å²) in [5.74, 6) is 0.723. The molecule has 1 aromatic rings. The van der Waals surface area contributed by atoms with Gasteiger partial charge in [-0.15, -0.1) is 0 Å². The van der Waals surface area contributed by atoms with Crippen molar-refractivity contribution in [1.29, 1.82) is 5.26 Å². The first kappa shape index (κ1) is 9.04. The maximum Gasteiger partial charge on any atom is 0.120 e. The zero-order valence-electron chi connectivity index (χ0n) is 7.86. The third kappa shape index (κ3) is 2.04. The second kappa shape index (κ2) is 3.32. The summed E-state index contributed by atoms with van der Waals surface area (Å²) in [5, 5.41) is 8.67. The molecule has 72 valence electrons. The summed E-state index contributed by atoms with van der Waals surface area (Å²) in [6.07, 6.45) is 2.07. The molecular formula is C11H12N2O. The maximum atomic E-state index is 8.67. The second-order valence-electron chi connectivity index (χ2n) is 3.79. The molecule has 1 aliphatic rings. The Morgan fingerprint density at radius 1 is 1.50 bits per heavy atom.